The number of ketones is 1. The van der Waals surface area contributed by atoms with E-state index >= 15 is 0 Å². The van der Waals surface area contributed by atoms with Gasteiger partial charge in [0.15, 0.2) is 12.4 Å². The Labute approximate surface area is 191 Å². The third-order valence-electron chi connectivity index (χ3n) is 5.60. The van der Waals surface area contributed by atoms with E-state index in [1.165, 1.54) is 16.4 Å². The van der Waals surface area contributed by atoms with Crippen LogP contribution in [0.3, 0.4) is 0 Å². The van der Waals surface area contributed by atoms with Gasteiger partial charge in [-0.25, -0.2) is 12.8 Å². The van der Waals surface area contributed by atoms with Crippen LogP contribution < -0.4 is 0 Å². The van der Waals surface area contributed by atoms with E-state index in [4.69, 9.17) is 4.74 Å². The molecule has 3 aromatic carbocycles. The first-order chi connectivity index (χ1) is 15.9. The van der Waals surface area contributed by atoms with Crippen LogP contribution in [0, 0.1) is 5.82 Å². The third kappa shape index (κ3) is 5.02. The average Bonchev–Trinajstić information content (AvgIpc) is 2.83. The van der Waals surface area contributed by atoms with Gasteiger partial charge < -0.3 is 4.74 Å². The van der Waals surface area contributed by atoms with Crippen LogP contribution in [0.1, 0.15) is 33.9 Å². The quantitative estimate of drug-likeness (QED) is 0.389. The molecule has 1 atom stereocenters. The highest BCUT2D eigenvalue weighted by molar-refractivity contribution is 7.89. The summed E-state index contributed by atoms with van der Waals surface area (Å²) in [7, 11) is -4.00. The third-order valence-corrected chi connectivity index (χ3v) is 7.53. The SMILES string of the molecule is O=C(C[C@@H]1c2ccccc2CCN1S(=O)(=O)c1ccc(F)cc1)OCC(=O)c1ccccc1. The maximum Gasteiger partial charge on any atom is 0.308 e. The van der Waals surface area contributed by atoms with E-state index < -0.39 is 34.5 Å². The standard InChI is InChI=1S/C25H22FNO5S/c26-20-10-12-21(13-11-20)33(30,31)27-15-14-18-6-4-5-9-22(18)23(27)16-25(29)32-17-24(28)19-7-2-1-3-8-19/h1-13,23H,14-17H2/t23-/m1/s1. The molecule has 4 rings (SSSR count). The summed E-state index contributed by atoms with van der Waals surface area (Å²) >= 11 is 0. The highest BCUT2D eigenvalue weighted by Crippen LogP contribution is 2.36. The fourth-order valence-corrected chi connectivity index (χ4v) is 5.55. The summed E-state index contributed by atoms with van der Waals surface area (Å²) in [4.78, 5) is 24.9. The molecule has 33 heavy (non-hydrogen) atoms. The fraction of sp³-hybridized carbons (Fsp3) is 0.200. The first kappa shape index (κ1) is 22.8. The zero-order valence-electron chi connectivity index (χ0n) is 17.7. The van der Waals surface area contributed by atoms with Crippen molar-refractivity contribution in [3.63, 3.8) is 0 Å². The van der Waals surface area contributed by atoms with Crippen molar-refractivity contribution in [2.24, 2.45) is 0 Å². The van der Waals surface area contributed by atoms with Crippen LogP contribution in [-0.4, -0.2) is 37.6 Å². The molecule has 0 saturated carbocycles. The number of halogens is 1. The molecule has 0 unspecified atom stereocenters. The second-order valence-electron chi connectivity index (χ2n) is 7.69. The van der Waals surface area contributed by atoms with Crippen LogP contribution in [0.5, 0.6) is 0 Å². The molecule has 6 nitrogen and oxygen atoms in total. The lowest BCUT2D eigenvalue weighted by atomic mass is 9.92. The molecule has 1 aliphatic heterocycles. The van der Waals surface area contributed by atoms with E-state index in [0.29, 0.717) is 17.5 Å². The molecule has 0 fully saturated rings. The zero-order chi connectivity index (χ0) is 23.4. The maximum absolute atomic E-state index is 13.3. The number of Topliss-reactive ketones (excluding diaryl/α,β-unsaturated/α-hetero) is 1. The summed E-state index contributed by atoms with van der Waals surface area (Å²) in [5.41, 5.74) is 2.08. The van der Waals surface area contributed by atoms with Gasteiger partial charge in [-0.1, -0.05) is 54.6 Å². The maximum atomic E-state index is 13.3. The van der Waals surface area contributed by atoms with Crippen LogP contribution in [-0.2, 0) is 26.0 Å². The second kappa shape index (κ2) is 9.64. The number of fused-ring (bicyclic) bond motifs is 1. The van der Waals surface area contributed by atoms with Gasteiger partial charge in [-0.3, -0.25) is 9.59 Å². The van der Waals surface area contributed by atoms with Crippen molar-refractivity contribution in [2.45, 2.75) is 23.8 Å². The van der Waals surface area contributed by atoms with E-state index in [9.17, 15) is 22.4 Å². The molecule has 1 aliphatic rings. The van der Waals surface area contributed by atoms with Gasteiger partial charge in [0.2, 0.25) is 10.0 Å². The van der Waals surface area contributed by atoms with Gasteiger partial charge in [-0.05, 0) is 41.8 Å². The lowest BCUT2D eigenvalue weighted by Crippen LogP contribution is -2.41. The molecule has 1 heterocycles. The smallest absolute Gasteiger partial charge is 0.308 e. The Balaban J connectivity index is 1.56. The molecule has 0 spiro atoms. The molecular formula is C25H22FNO5S. The van der Waals surface area contributed by atoms with Crippen molar-refractivity contribution >= 4 is 21.8 Å². The van der Waals surface area contributed by atoms with Crippen molar-refractivity contribution in [2.75, 3.05) is 13.2 Å². The van der Waals surface area contributed by atoms with Gasteiger partial charge in [-0.2, -0.15) is 4.31 Å². The summed E-state index contributed by atoms with van der Waals surface area (Å²) in [5, 5.41) is 0. The highest BCUT2D eigenvalue weighted by Gasteiger charge is 2.37. The molecule has 0 amide bonds. The summed E-state index contributed by atoms with van der Waals surface area (Å²) in [6, 6.07) is 19.6. The van der Waals surface area contributed by atoms with E-state index in [2.05, 4.69) is 0 Å². The van der Waals surface area contributed by atoms with Crippen LogP contribution in [0.2, 0.25) is 0 Å². The summed E-state index contributed by atoms with van der Waals surface area (Å²) in [6.07, 6.45) is 0.230. The molecule has 0 saturated heterocycles. The first-order valence-electron chi connectivity index (χ1n) is 10.5. The molecule has 0 aliphatic carbocycles. The summed E-state index contributed by atoms with van der Waals surface area (Å²) in [6.45, 7) is -0.264. The minimum Gasteiger partial charge on any atom is -0.457 e. The van der Waals surface area contributed by atoms with Crippen LogP contribution in [0.25, 0.3) is 0 Å². The number of carbonyl (C=O) groups is 2. The van der Waals surface area contributed by atoms with E-state index in [1.54, 1.807) is 42.5 Å². The van der Waals surface area contributed by atoms with Crippen LogP contribution >= 0.6 is 0 Å². The summed E-state index contributed by atoms with van der Waals surface area (Å²) in [5.74, 6) is -1.56. The Morgan fingerprint density at radius 1 is 0.939 bits per heavy atom. The number of carbonyl (C=O) groups excluding carboxylic acids is 2. The van der Waals surface area contributed by atoms with Gasteiger partial charge in [0, 0.05) is 12.1 Å². The highest BCUT2D eigenvalue weighted by atomic mass is 32.2. The van der Waals surface area contributed by atoms with E-state index in [0.717, 1.165) is 17.7 Å². The number of hydrogen-bond donors (Lipinski definition) is 0. The predicted molar refractivity (Wildman–Crippen MR) is 120 cm³/mol. The molecule has 0 aromatic heterocycles. The molecular weight excluding hydrogens is 445 g/mol. The largest absolute Gasteiger partial charge is 0.457 e. The van der Waals surface area contributed by atoms with Gasteiger partial charge in [-0.15, -0.1) is 0 Å². The van der Waals surface area contributed by atoms with Crippen molar-refractivity contribution in [1.82, 2.24) is 4.31 Å². The Kier molecular flexibility index (Phi) is 6.67. The van der Waals surface area contributed by atoms with Crippen molar-refractivity contribution in [3.05, 3.63) is 101 Å². The number of nitrogens with zero attached hydrogens (tertiary/aromatic N) is 1. The minimum absolute atomic E-state index is 0.0547. The van der Waals surface area contributed by atoms with E-state index in [-0.39, 0.29) is 23.6 Å². The normalized spacial score (nSPS) is 16.1. The van der Waals surface area contributed by atoms with Crippen molar-refractivity contribution in [1.29, 1.82) is 0 Å². The molecule has 170 valence electrons. The fourth-order valence-electron chi connectivity index (χ4n) is 3.94. The minimum atomic E-state index is -4.00. The van der Waals surface area contributed by atoms with Gasteiger partial charge in [0.05, 0.1) is 17.4 Å². The molecule has 0 radical (unpaired) electrons. The molecule has 3 aromatic rings. The predicted octanol–water partition coefficient (Wildman–Crippen LogP) is 3.93. The monoisotopic (exact) mass is 467 g/mol. The first-order valence-corrected chi connectivity index (χ1v) is 11.9. The topological polar surface area (TPSA) is 80.8 Å². The second-order valence-corrected chi connectivity index (χ2v) is 9.58. The number of esters is 1. The molecule has 0 bridgehead atoms. The van der Waals surface area contributed by atoms with Crippen LogP contribution in [0.4, 0.5) is 4.39 Å². The van der Waals surface area contributed by atoms with Gasteiger partial charge in [0.1, 0.15) is 5.82 Å². The van der Waals surface area contributed by atoms with Crippen LogP contribution in [0.15, 0.2) is 83.8 Å². The Morgan fingerprint density at radius 2 is 1.61 bits per heavy atom. The Bertz CT molecular complexity index is 1260. The number of benzene rings is 3. The Morgan fingerprint density at radius 3 is 2.33 bits per heavy atom. The van der Waals surface area contributed by atoms with Crippen molar-refractivity contribution in [3.8, 4) is 0 Å². The number of rotatable bonds is 7. The molecule has 8 heteroatoms. The van der Waals surface area contributed by atoms with Gasteiger partial charge >= 0.3 is 5.97 Å². The van der Waals surface area contributed by atoms with Crippen molar-refractivity contribution < 1.29 is 27.1 Å². The van der Waals surface area contributed by atoms with E-state index in [1.807, 2.05) is 12.1 Å². The number of hydrogen-bond acceptors (Lipinski definition) is 5. The zero-order valence-corrected chi connectivity index (χ0v) is 18.5. The number of sulfonamides is 1. The lowest BCUT2D eigenvalue weighted by Gasteiger charge is -2.36. The summed E-state index contributed by atoms with van der Waals surface area (Å²) < 4.78 is 46.5. The number of ether oxygens (including phenoxy) is 1. The molecule has 0 N–H and O–H groups in total. The average molecular weight is 468 g/mol. The lowest BCUT2D eigenvalue weighted by molar-refractivity contribution is -0.143. The Hall–Kier alpha value is -3.36. The van der Waals surface area contributed by atoms with Gasteiger partial charge in [0.25, 0.3) is 0 Å².